The maximum Gasteiger partial charge on any atom is 0.116 e. The molecule has 0 saturated heterocycles. The highest BCUT2D eigenvalue weighted by atomic mass is 15.4. The van der Waals surface area contributed by atoms with E-state index in [9.17, 15) is 0 Å². The van der Waals surface area contributed by atoms with Crippen LogP contribution >= 0.6 is 0 Å². The lowest BCUT2D eigenvalue weighted by Crippen LogP contribution is -1.79. The molecular weight excluding hydrogens is 180 g/mol. The molecule has 0 bridgehead atoms. The molecule has 6 heteroatoms. The minimum atomic E-state index is 0.610. The molecular formula is C8H6N6. The van der Waals surface area contributed by atoms with Gasteiger partial charge in [-0.15, -0.1) is 5.11 Å². The van der Waals surface area contributed by atoms with Crippen molar-refractivity contribution in [2.45, 2.75) is 0 Å². The molecule has 1 N–H and O–H groups in total. The quantitative estimate of drug-likeness (QED) is 0.577. The van der Waals surface area contributed by atoms with Crippen molar-refractivity contribution in [1.82, 2.24) is 9.97 Å². The third-order valence-electron chi connectivity index (χ3n) is 1.72. The van der Waals surface area contributed by atoms with E-state index in [1.807, 2.05) is 12.1 Å². The number of fused-ring (bicyclic) bond motifs is 1. The van der Waals surface area contributed by atoms with E-state index >= 15 is 0 Å². The highest BCUT2D eigenvalue weighted by molar-refractivity contribution is 5.88. The van der Waals surface area contributed by atoms with Crippen molar-refractivity contribution < 1.29 is 0 Å². The van der Waals surface area contributed by atoms with Crippen molar-refractivity contribution in [3.05, 3.63) is 30.7 Å². The minimum Gasteiger partial charge on any atom is -0.244 e. The van der Waals surface area contributed by atoms with E-state index in [4.69, 9.17) is 5.53 Å². The molecule has 0 aliphatic carbocycles. The average Bonchev–Trinajstić information content (AvgIpc) is 2.26. The van der Waals surface area contributed by atoms with E-state index in [-0.39, 0.29) is 0 Å². The summed E-state index contributed by atoms with van der Waals surface area (Å²) < 4.78 is 0. The van der Waals surface area contributed by atoms with Gasteiger partial charge < -0.3 is 0 Å². The zero-order valence-corrected chi connectivity index (χ0v) is 7.12. The van der Waals surface area contributed by atoms with Crippen LogP contribution in [0.15, 0.2) is 46.3 Å². The van der Waals surface area contributed by atoms with Gasteiger partial charge in [0.05, 0.1) is 11.2 Å². The van der Waals surface area contributed by atoms with Gasteiger partial charge in [-0.1, -0.05) is 6.07 Å². The molecule has 1 aromatic carbocycles. The van der Waals surface area contributed by atoms with Gasteiger partial charge in [-0.3, -0.25) is 0 Å². The molecule has 0 atom stereocenters. The van der Waals surface area contributed by atoms with Crippen molar-refractivity contribution >= 4 is 16.6 Å². The fourth-order valence-corrected chi connectivity index (χ4v) is 1.15. The van der Waals surface area contributed by atoms with Crippen LogP contribution < -0.4 is 0 Å². The van der Waals surface area contributed by atoms with Crippen LogP contribution in [-0.4, -0.2) is 9.97 Å². The van der Waals surface area contributed by atoms with Gasteiger partial charge in [-0.2, -0.15) is 5.53 Å². The molecule has 0 saturated carbocycles. The van der Waals surface area contributed by atoms with Crippen molar-refractivity contribution in [3.63, 3.8) is 0 Å². The number of hydrogen-bond acceptors (Lipinski definition) is 4. The van der Waals surface area contributed by atoms with Gasteiger partial charge in [0.15, 0.2) is 0 Å². The molecule has 0 spiro atoms. The first-order valence-corrected chi connectivity index (χ1v) is 3.88. The minimum absolute atomic E-state index is 0.610. The molecule has 68 valence electrons. The number of aromatic nitrogens is 2. The number of hydrogen-bond donors (Lipinski definition) is 1. The standard InChI is InChI=1S/C8H6N6/c9-13-14-12-8-3-1-2-7-6(8)4-10-5-11-7/h1-5,9H. The zero-order valence-electron chi connectivity index (χ0n) is 7.12. The lowest BCUT2D eigenvalue weighted by molar-refractivity contribution is 0.910. The molecule has 0 aliphatic rings. The second-order valence-corrected chi connectivity index (χ2v) is 2.52. The summed E-state index contributed by atoms with van der Waals surface area (Å²) in [7, 11) is 0. The van der Waals surface area contributed by atoms with Gasteiger partial charge >= 0.3 is 0 Å². The van der Waals surface area contributed by atoms with E-state index in [0.717, 1.165) is 10.9 Å². The largest absolute Gasteiger partial charge is 0.244 e. The van der Waals surface area contributed by atoms with Crippen LogP contribution in [0.3, 0.4) is 0 Å². The molecule has 0 fully saturated rings. The summed E-state index contributed by atoms with van der Waals surface area (Å²) in [5.41, 5.74) is 7.90. The molecule has 0 aliphatic heterocycles. The Bertz CT molecular complexity index is 487. The number of rotatable bonds is 2. The number of nitrogens with one attached hydrogen (secondary N) is 1. The Morgan fingerprint density at radius 3 is 3.07 bits per heavy atom. The Labute approximate surface area is 79.2 Å². The smallest absolute Gasteiger partial charge is 0.116 e. The van der Waals surface area contributed by atoms with Crippen molar-refractivity contribution in [2.75, 3.05) is 0 Å². The van der Waals surface area contributed by atoms with Crippen LogP contribution in [0.5, 0.6) is 0 Å². The lowest BCUT2D eigenvalue weighted by Gasteiger charge is -1.96. The van der Waals surface area contributed by atoms with E-state index in [1.165, 1.54) is 6.33 Å². The summed E-state index contributed by atoms with van der Waals surface area (Å²) in [5.74, 6) is 0. The van der Waals surface area contributed by atoms with Crippen LogP contribution in [0, 0.1) is 5.53 Å². The highest BCUT2D eigenvalue weighted by Crippen LogP contribution is 2.23. The highest BCUT2D eigenvalue weighted by Gasteiger charge is 1.99. The second kappa shape index (κ2) is 3.65. The summed E-state index contributed by atoms with van der Waals surface area (Å²) in [5, 5.41) is 10.6. The Balaban J connectivity index is 2.64. The van der Waals surface area contributed by atoms with Crippen molar-refractivity contribution in [3.8, 4) is 0 Å². The average molecular weight is 186 g/mol. The SMILES string of the molecule is N=NN=Nc1cccc2ncncc12. The molecule has 0 unspecified atom stereocenters. The Morgan fingerprint density at radius 1 is 1.29 bits per heavy atom. The molecule has 1 heterocycles. The molecule has 14 heavy (non-hydrogen) atoms. The summed E-state index contributed by atoms with van der Waals surface area (Å²) in [6.45, 7) is 0. The molecule has 1 aromatic heterocycles. The topological polar surface area (TPSA) is 86.7 Å². The molecule has 0 amide bonds. The van der Waals surface area contributed by atoms with E-state index in [0.29, 0.717) is 5.69 Å². The Morgan fingerprint density at radius 2 is 2.21 bits per heavy atom. The predicted octanol–water partition coefficient (Wildman–Crippen LogP) is 2.66. The zero-order chi connectivity index (χ0) is 9.80. The van der Waals surface area contributed by atoms with Crippen LogP contribution in [0.4, 0.5) is 5.69 Å². The molecule has 0 radical (unpaired) electrons. The first-order valence-electron chi connectivity index (χ1n) is 3.88. The van der Waals surface area contributed by atoms with Gasteiger partial charge in [0.2, 0.25) is 0 Å². The molecule has 2 aromatic rings. The van der Waals surface area contributed by atoms with Crippen LogP contribution in [0.2, 0.25) is 0 Å². The second-order valence-electron chi connectivity index (χ2n) is 2.52. The lowest BCUT2D eigenvalue weighted by atomic mass is 10.2. The number of nitrogens with zero attached hydrogens (tertiary/aromatic N) is 5. The normalized spacial score (nSPS) is 10.9. The van der Waals surface area contributed by atoms with Gasteiger partial charge in [0.1, 0.15) is 6.33 Å². The Kier molecular flexibility index (Phi) is 2.18. The van der Waals surface area contributed by atoms with Crippen molar-refractivity contribution in [2.24, 2.45) is 15.6 Å². The van der Waals surface area contributed by atoms with Gasteiger partial charge in [0.25, 0.3) is 0 Å². The van der Waals surface area contributed by atoms with E-state index < -0.39 is 0 Å². The molecule has 6 nitrogen and oxygen atoms in total. The third-order valence-corrected chi connectivity index (χ3v) is 1.72. The van der Waals surface area contributed by atoms with Gasteiger partial charge in [0, 0.05) is 11.6 Å². The Hall–Kier alpha value is -2.24. The monoisotopic (exact) mass is 186 g/mol. The fraction of sp³-hybridized carbons (Fsp3) is 0. The summed E-state index contributed by atoms with van der Waals surface area (Å²) in [6.07, 6.45) is 3.12. The van der Waals surface area contributed by atoms with E-state index in [1.54, 1.807) is 12.3 Å². The third kappa shape index (κ3) is 1.45. The first-order chi connectivity index (χ1) is 6.92. The summed E-state index contributed by atoms with van der Waals surface area (Å²) in [4.78, 5) is 7.95. The van der Waals surface area contributed by atoms with Crippen LogP contribution in [0.25, 0.3) is 10.9 Å². The van der Waals surface area contributed by atoms with Crippen molar-refractivity contribution in [1.29, 1.82) is 5.53 Å². The first kappa shape index (κ1) is 8.36. The van der Waals surface area contributed by atoms with E-state index in [2.05, 4.69) is 25.5 Å². The van der Waals surface area contributed by atoms with Crippen LogP contribution in [-0.2, 0) is 0 Å². The molecule has 2 rings (SSSR count). The van der Waals surface area contributed by atoms with Crippen LogP contribution in [0.1, 0.15) is 0 Å². The van der Waals surface area contributed by atoms with Gasteiger partial charge in [-0.05, 0) is 22.6 Å². The maximum atomic E-state index is 6.49. The fourth-order valence-electron chi connectivity index (χ4n) is 1.15. The summed E-state index contributed by atoms with van der Waals surface area (Å²) >= 11 is 0. The number of benzene rings is 1. The summed E-state index contributed by atoms with van der Waals surface area (Å²) in [6, 6.07) is 5.43. The maximum absolute atomic E-state index is 6.49. The van der Waals surface area contributed by atoms with Gasteiger partial charge in [-0.25, -0.2) is 9.97 Å². The predicted molar refractivity (Wildman–Crippen MR) is 49.2 cm³/mol.